The van der Waals surface area contributed by atoms with Gasteiger partial charge in [-0.2, -0.15) is 0 Å². The van der Waals surface area contributed by atoms with Gasteiger partial charge in [-0.3, -0.25) is 0 Å². The van der Waals surface area contributed by atoms with E-state index in [0.717, 1.165) is 25.7 Å². The summed E-state index contributed by atoms with van der Waals surface area (Å²) in [6.45, 7) is 0.945. The Morgan fingerprint density at radius 2 is 1.06 bits per heavy atom. The molecule has 1 aliphatic rings. The number of benzene rings is 2. The predicted octanol–water partition coefficient (Wildman–Crippen LogP) is 1.73. The summed E-state index contributed by atoms with van der Waals surface area (Å²) in [5.41, 5.74) is 0.881. The predicted molar refractivity (Wildman–Crippen MR) is 135 cm³/mol. The van der Waals surface area contributed by atoms with E-state index in [0.29, 0.717) is 24.5 Å². The van der Waals surface area contributed by atoms with Crippen molar-refractivity contribution in [2.45, 2.75) is 35.5 Å². The molecule has 0 saturated heterocycles. The number of carbonyl (C=O) groups is 2. The molecule has 0 heterocycles. The number of anilines is 2. The van der Waals surface area contributed by atoms with E-state index in [1.54, 1.807) is 0 Å². The van der Waals surface area contributed by atoms with Crippen LogP contribution in [0.3, 0.4) is 0 Å². The molecule has 2 aromatic carbocycles. The lowest BCUT2D eigenvalue weighted by atomic mass is 9.81. The smallest absolute Gasteiger partial charge is 0.319 e. The van der Waals surface area contributed by atoms with Gasteiger partial charge in [0.25, 0.3) is 0 Å². The van der Waals surface area contributed by atoms with Crippen molar-refractivity contribution in [2.75, 3.05) is 23.7 Å². The molecule has 0 spiro atoms. The fourth-order valence-corrected chi connectivity index (χ4v) is 5.08. The summed E-state index contributed by atoms with van der Waals surface area (Å²) in [6, 6.07) is 10.3. The van der Waals surface area contributed by atoms with Crippen LogP contribution in [0.15, 0.2) is 58.3 Å². The Morgan fingerprint density at radius 1 is 0.694 bits per heavy atom. The van der Waals surface area contributed by atoms with Crippen molar-refractivity contribution >= 4 is 43.5 Å². The van der Waals surface area contributed by atoms with Gasteiger partial charge >= 0.3 is 12.1 Å². The van der Waals surface area contributed by atoms with Crippen LogP contribution in [-0.2, 0) is 20.0 Å². The largest absolute Gasteiger partial charge is 0.338 e. The van der Waals surface area contributed by atoms with Crippen LogP contribution in [-0.4, -0.2) is 42.0 Å². The fourth-order valence-electron chi connectivity index (χ4n) is 4.05. The van der Waals surface area contributed by atoms with Crippen LogP contribution >= 0.6 is 0 Å². The molecular weight excluding hydrogens is 508 g/mol. The second-order valence-corrected chi connectivity index (χ2v) is 11.8. The van der Waals surface area contributed by atoms with Crippen LogP contribution in [0.4, 0.5) is 21.0 Å². The Kier molecular flexibility index (Phi) is 8.89. The highest BCUT2D eigenvalue weighted by Crippen LogP contribution is 2.28. The van der Waals surface area contributed by atoms with Crippen molar-refractivity contribution in [1.29, 1.82) is 0 Å². The molecule has 0 unspecified atom stereocenters. The molecule has 2 aromatic rings. The Bertz CT molecular complexity index is 1180. The Labute approximate surface area is 210 Å². The first-order valence-corrected chi connectivity index (χ1v) is 14.3. The minimum absolute atomic E-state index is 0.0380. The normalized spacial score (nSPS) is 18.2. The Balaban J connectivity index is 1.39. The lowest BCUT2D eigenvalue weighted by Crippen LogP contribution is -2.38. The van der Waals surface area contributed by atoms with Crippen molar-refractivity contribution in [3.8, 4) is 0 Å². The van der Waals surface area contributed by atoms with Crippen LogP contribution in [0, 0.1) is 11.8 Å². The fraction of sp³-hybridized carbons (Fsp3) is 0.364. The summed E-state index contributed by atoms with van der Waals surface area (Å²) in [7, 11) is -7.59. The zero-order valence-corrected chi connectivity index (χ0v) is 21.1. The zero-order chi connectivity index (χ0) is 26.3. The third kappa shape index (κ3) is 8.48. The summed E-state index contributed by atoms with van der Waals surface area (Å²) < 4.78 is 45.2. The summed E-state index contributed by atoms with van der Waals surface area (Å²) in [5, 5.41) is 21.1. The Morgan fingerprint density at radius 3 is 1.39 bits per heavy atom. The van der Waals surface area contributed by atoms with Gasteiger partial charge < -0.3 is 21.3 Å². The second-order valence-electron chi connectivity index (χ2n) is 8.71. The maximum atomic E-state index is 12.2. The monoisotopic (exact) mass is 538 g/mol. The Hall–Kier alpha value is -3.20. The molecule has 14 heteroatoms. The first-order chi connectivity index (χ1) is 16.9. The molecule has 0 aromatic heterocycles. The van der Waals surface area contributed by atoms with Crippen LogP contribution in [0.5, 0.6) is 0 Å². The van der Waals surface area contributed by atoms with Gasteiger partial charge in [0.15, 0.2) is 0 Å². The lowest BCUT2D eigenvalue weighted by Gasteiger charge is -2.29. The second kappa shape index (κ2) is 11.7. The number of hydrogen-bond donors (Lipinski definition) is 6. The first-order valence-electron chi connectivity index (χ1n) is 11.3. The molecule has 4 amide bonds. The lowest BCUT2D eigenvalue weighted by molar-refractivity contribution is 0.230. The maximum Gasteiger partial charge on any atom is 0.319 e. The number of nitrogens with two attached hydrogens (primary N) is 2. The van der Waals surface area contributed by atoms with Crippen molar-refractivity contribution in [2.24, 2.45) is 22.1 Å². The van der Waals surface area contributed by atoms with E-state index in [9.17, 15) is 26.4 Å². The van der Waals surface area contributed by atoms with Gasteiger partial charge in [0.2, 0.25) is 20.0 Å². The summed E-state index contributed by atoms with van der Waals surface area (Å²) in [6.07, 6.45) is 3.74. The van der Waals surface area contributed by atoms with Gasteiger partial charge in [-0.25, -0.2) is 36.7 Å². The van der Waals surface area contributed by atoms with Gasteiger partial charge in [0, 0.05) is 24.5 Å². The molecule has 0 bridgehead atoms. The van der Waals surface area contributed by atoms with Crippen molar-refractivity contribution in [3.63, 3.8) is 0 Å². The van der Waals surface area contributed by atoms with E-state index in [-0.39, 0.29) is 21.6 Å². The van der Waals surface area contributed by atoms with Gasteiger partial charge in [-0.1, -0.05) is 6.42 Å². The van der Waals surface area contributed by atoms with Gasteiger partial charge in [-0.05, 0) is 79.6 Å². The molecule has 1 fully saturated rings. The molecule has 12 nitrogen and oxygen atoms in total. The van der Waals surface area contributed by atoms with E-state index in [1.165, 1.54) is 48.5 Å². The quantitative estimate of drug-likeness (QED) is 0.295. The highest BCUT2D eigenvalue weighted by Gasteiger charge is 2.23. The number of primary sulfonamides is 2. The van der Waals surface area contributed by atoms with Crippen molar-refractivity contribution in [1.82, 2.24) is 10.6 Å². The van der Waals surface area contributed by atoms with Crippen LogP contribution in [0.25, 0.3) is 0 Å². The van der Waals surface area contributed by atoms with Crippen LogP contribution < -0.4 is 31.5 Å². The average molecular weight is 539 g/mol. The van der Waals surface area contributed by atoms with Crippen molar-refractivity contribution in [3.05, 3.63) is 48.5 Å². The van der Waals surface area contributed by atoms with E-state index >= 15 is 0 Å². The minimum atomic E-state index is -3.79. The molecule has 0 radical (unpaired) electrons. The third-order valence-electron chi connectivity index (χ3n) is 5.88. The summed E-state index contributed by atoms with van der Waals surface area (Å²) in [4.78, 5) is 24.3. The molecule has 36 heavy (non-hydrogen) atoms. The highest BCUT2D eigenvalue weighted by atomic mass is 32.2. The number of rotatable bonds is 8. The minimum Gasteiger partial charge on any atom is -0.338 e. The van der Waals surface area contributed by atoms with Crippen LogP contribution in [0.2, 0.25) is 0 Å². The molecule has 0 aliphatic heterocycles. The number of nitrogens with one attached hydrogen (secondary N) is 4. The first kappa shape index (κ1) is 27.4. The topological polar surface area (TPSA) is 203 Å². The number of amides is 4. The summed E-state index contributed by atoms with van der Waals surface area (Å²) >= 11 is 0. The zero-order valence-electron chi connectivity index (χ0n) is 19.4. The molecule has 1 saturated carbocycles. The number of hydrogen-bond acceptors (Lipinski definition) is 6. The molecule has 8 N–H and O–H groups in total. The molecular formula is C22H30N6O6S2. The van der Waals surface area contributed by atoms with E-state index < -0.39 is 32.1 Å². The van der Waals surface area contributed by atoms with Gasteiger partial charge in [0.05, 0.1) is 9.79 Å². The van der Waals surface area contributed by atoms with E-state index in [2.05, 4.69) is 21.3 Å². The van der Waals surface area contributed by atoms with E-state index in [4.69, 9.17) is 10.3 Å². The van der Waals surface area contributed by atoms with Crippen molar-refractivity contribution < 1.29 is 26.4 Å². The van der Waals surface area contributed by atoms with E-state index in [1.807, 2.05) is 0 Å². The van der Waals surface area contributed by atoms with Gasteiger partial charge in [0.1, 0.15) is 0 Å². The van der Waals surface area contributed by atoms with Crippen LogP contribution in [0.1, 0.15) is 25.7 Å². The number of sulfonamides is 2. The molecule has 2 atom stereocenters. The maximum absolute atomic E-state index is 12.2. The SMILES string of the molecule is NS(=O)(=O)c1ccc(NC(=O)NC[C@H]2CCC[C@H](CNC(=O)Nc3ccc(S(N)(=O)=O)cc3)C2)cc1. The third-order valence-corrected chi connectivity index (χ3v) is 7.73. The average Bonchev–Trinajstić information content (AvgIpc) is 2.81. The highest BCUT2D eigenvalue weighted by molar-refractivity contribution is 7.89. The number of urea groups is 2. The summed E-state index contributed by atoms with van der Waals surface area (Å²) in [5.74, 6) is 0.518. The molecule has 196 valence electrons. The number of carbonyl (C=O) groups excluding carboxylic acids is 2. The van der Waals surface area contributed by atoms with Gasteiger partial charge in [-0.15, -0.1) is 0 Å². The molecule has 3 rings (SSSR count). The standard InChI is InChI=1S/C22H30N6O6S2/c23-35(31,32)19-8-4-17(5-9-19)27-21(29)25-13-15-2-1-3-16(12-15)14-26-22(30)28-18-6-10-20(11-7-18)36(24,33)34/h4-11,15-16H,1-3,12-14H2,(H2,23,31,32)(H2,24,33,34)(H2,25,27,29)(H2,26,28,30)/t15-,16-/m0/s1. The molecule has 1 aliphatic carbocycles.